The number of benzene rings is 1. The molecular formula is C18H18F3N3O4. The van der Waals surface area contributed by atoms with Gasteiger partial charge >= 0.3 is 12.1 Å². The second kappa shape index (κ2) is 7.63. The van der Waals surface area contributed by atoms with E-state index >= 15 is 0 Å². The molecule has 0 aliphatic carbocycles. The van der Waals surface area contributed by atoms with Crippen LogP contribution in [0.4, 0.5) is 13.2 Å². The number of amides is 1. The molecule has 0 bridgehead atoms. The third-order valence-corrected chi connectivity index (χ3v) is 4.63. The molecule has 150 valence electrons. The van der Waals surface area contributed by atoms with Crippen molar-refractivity contribution in [3.63, 3.8) is 0 Å². The lowest BCUT2D eigenvalue weighted by Gasteiger charge is -2.22. The Bertz CT molecular complexity index is 881. The number of halogens is 3. The summed E-state index contributed by atoms with van der Waals surface area (Å²) in [7, 11) is 1.48. The van der Waals surface area contributed by atoms with Crippen LogP contribution in [0.1, 0.15) is 28.9 Å². The summed E-state index contributed by atoms with van der Waals surface area (Å²) in [5.74, 6) is -1.52. The van der Waals surface area contributed by atoms with E-state index in [9.17, 15) is 22.8 Å². The fourth-order valence-electron chi connectivity index (χ4n) is 3.24. The van der Waals surface area contributed by atoms with Gasteiger partial charge in [0.15, 0.2) is 5.69 Å². The highest BCUT2D eigenvalue weighted by molar-refractivity contribution is 5.93. The number of carboxylic acid groups (broad SMARTS) is 1. The van der Waals surface area contributed by atoms with Crippen molar-refractivity contribution in [2.45, 2.75) is 31.2 Å². The largest absolute Gasteiger partial charge is 0.481 e. The number of carboxylic acids is 1. The summed E-state index contributed by atoms with van der Waals surface area (Å²) in [4.78, 5) is 25.2. The Morgan fingerprint density at radius 2 is 2.07 bits per heavy atom. The number of hydrogen-bond acceptors (Lipinski definition) is 4. The van der Waals surface area contributed by atoms with Gasteiger partial charge in [0.2, 0.25) is 0 Å². The maximum atomic E-state index is 12.9. The third-order valence-electron chi connectivity index (χ3n) is 4.63. The summed E-state index contributed by atoms with van der Waals surface area (Å²) < 4.78 is 45.1. The van der Waals surface area contributed by atoms with Crippen LogP contribution >= 0.6 is 0 Å². The number of alkyl halides is 3. The lowest BCUT2D eigenvalue weighted by atomic mass is 10.1. The van der Waals surface area contributed by atoms with E-state index in [0.29, 0.717) is 6.42 Å². The van der Waals surface area contributed by atoms with Gasteiger partial charge in [0, 0.05) is 25.9 Å². The Hall–Kier alpha value is -2.88. The van der Waals surface area contributed by atoms with E-state index in [2.05, 4.69) is 5.10 Å². The fraction of sp³-hybridized carbons (Fsp3) is 0.389. The Labute approximate surface area is 158 Å². The number of likely N-dealkylation sites (tertiary alicyclic amines) is 1. The second-order valence-corrected chi connectivity index (χ2v) is 6.50. The van der Waals surface area contributed by atoms with Crippen LogP contribution in [0.2, 0.25) is 0 Å². The SMILES string of the molecule is COC1CC(CC(=O)O)N(C(=O)c2ccn(-c3cccc(C(F)(F)F)c3)n2)C1. The lowest BCUT2D eigenvalue weighted by Crippen LogP contribution is -2.37. The molecule has 2 heterocycles. The topological polar surface area (TPSA) is 84.7 Å². The molecule has 1 aromatic carbocycles. The van der Waals surface area contributed by atoms with Crippen molar-refractivity contribution in [3.8, 4) is 5.69 Å². The first kappa shape index (κ1) is 19.9. The van der Waals surface area contributed by atoms with E-state index < -0.39 is 29.7 Å². The van der Waals surface area contributed by atoms with E-state index in [1.807, 2.05) is 0 Å². The molecule has 0 saturated carbocycles. The number of carbonyl (C=O) groups excluding carboxylic acids is 1. The molecule has 2 aromatic rings. The van der Waals surface area contributed by atoms with Gasteiger partial charge in [-0.25, -0.2) is 4.68 Å². The van der Waals surface area contributed by atoms with Crippen molar-refractivity contribution in [2.75, 3.05) is 13.7 Å². The van der Waals surface area contributed by atoms with Gasteiger partial charge in [0.05, 0.1) is 23.8 Å². The highest BCUT2D eigenvalue weighted by Crippen LogP contribution is 2.30. The van der Waals surface area contributed by atoms with Gasteiger partial charge < -0.3 is 14.7 Å². The monoisotopic (exact) mass is 397 g/mol. The number of carbonyl (C=O) groups is 2. The molecule has 7 nitrogen and oxygen atoms in total. The van der Waals surface area contributed by atoms with Crippen molar-refractivity contribution in [2.24, 2.45) is 0 Å². The fourth-order valence-corrected chi connectivity index (χ4v) is 3.24. The van der Waals surface area contributed by atoms with Crippen LogP contribution in [-0.2, 0) is 15.7 Å². The summed E-state index contributed by atoms with van der Waals surface area (Å²) >= 11 is 0. The zero-order valence-electron chi connectivity index (χ0n) is 14.9. The molecular weight excluding hydrogens is 379 g/mol. The molecule has 1 aromatic heterocycles. The van der Waals surface area contributed by atoms with E-state index in [1.165, 1.54) is 41.1 Å². The molecule has 10 heteroatoms. The minimum atomic E-state index is -4.49. The number of rotatable bonds is 5. The van der Waals surface area contributed by atoms with Crippen LogP contribution < -0.4 is 0 Å². The van der Waals surface area contributed by atoms with Gasteiger partial charge in [-0.05, 0) is 30.7 Å². The molecule has 1 amide bonds. The van der Waals surface area contributed by atoms with Crippen molar-refractivity contribution < 1.29 is 32.6 Å². The van der Waals surface area contributed by atoms with Crippen molar-refractivity contribution in [1.29, 1.82) is 0 Å². The molecule has 1 saturated heterocycles. The van der Waals surface area contributed by atoms with Crippen molar-refractivity contribution >= 4 is 11.9 Å². The first-order valence-electron chi connectivity index (χ1n) is 8.48. The van der Waals surface area contributed by atoms with Crippen LogP contribution in [0.15, 0.2) is 36.5 Å². The van der Waals surface area contributed by atoms with Gasteiger partial charge in [-0.2, -0.15) is 18.3 Å². The predicted molar refractivity (Wildman–Crippen MR) is 91.1 cm³/mol. The van der Waals surface area contributed by atoms with Gasteiger partial charge in [-0.1, -0.05) is 6.07 Å². The number of ether oxygens (including phenoxy) is 1. The zero-order chi connectivity index (χ0) is 20.5. The molecule has 2 atom stereocenters. The van der Waals surface area contributed by atoms with E-state index in [4.69, 9.17) is 9.84 Å². The molecule has 0 spiro atoms. The summed E-state index contributed by atoms with van der Waals surface area (Å²) in [6.45, 7) is 0.226. The standard InChI is InChI=1S/C18H18F3N3O4/c1-28-14-8-13(9-16(25)26)23(10-14)17(27)15-5-6-24(22-15)12-4-2-3-11(7-12)18(19,20)21/h2-7,13-14H,8-10H2,1H3,(H,25,26). The maximum absolute atomic E-state index is 12.9. The first-order chi connectivity index (χ1) is 13.2. The molecule has 0 radical (unpaired) electrons. The minimum absolute atomic E-state index is 0.0181. The molecule has 1 aliphatic rings. The Morgan fingerprint density at radius 3 is 2.71 bits per heavy atom. The summed E-state index contributed by atoms with van der Waals surface area (Å²) in [5.41, 5.74) is -0.644. The molecule has 1 fully saturated rings. The molecule has 28 heavy (non-hydrogen) atoms. The van der Waals surface area contributed by atoms with Crippen LogP contribution in [0.3, 0.4) is 0 Å². The van der Waals surface area contributed by atoms with Crippen molar-refractivity contribution in [3.05, 3.63) is 47.8 Å². The smallest absolute Gasteiger partial charge is 0.416 e. The highest BCUT2D eigenvalue weighted by atomic mass is 19.4. The summed E-state index contributed by atoms with van der Waals surface area (Å²) in [6.07, 6.45) is -3.21. The number of aromatic nitrogens is 2. The Morgan fingerprint density at radius 1 is 1.32 bits per heavy atom. The molecule has 2 unspecified atom stereocenters. The first-order valence-corrected chi connectivity index (χ1v) is 8.48. The maximum Gasteiger partial charge on any atom is 0.416 e. The van der Waals surface area contributed by atoms with Gasteiger partial charge in [0.1, 0.15) is 0 Å². The van der Waals surface area contributed by atoms with E-state index in [1.54, 1.807) is 0 Å². The number of aliphatic carboxylic acids is 1. The average Bonchev–Trinajstić information content (AvgIpc) is 3.27. The third kappa shape index (κ3) is 4.16. The van der Waals surface area contributed by atoms with Crippen LogP contribution in [0.25, 0.3) is 5.69 Å². The summed E-state index contributed by atoms with van der Waals surface area (Å²) in [6, 6.07) is 5.44. The van der Waals surface area contributed by atoms with Crippen LogP contribution in [0.5, 0.6) is 0 Å². The summed E-state index contributed by atoms with van der Waals surface area (Å²) in [5, 5.41) is 13.1. The normalized spacial score (nSPS) is 19.8. The second-order valence-electron chi connectivity index (χ2n) is 6.50. The average molecular weight is 397 g/mol. The van der Waals surface area contributed by atoms with E-state index in [0.717, 1.165) is 12.1 Å². The molecule has 1 N–H and O–H groups in total. The zero-order valence-corrected chi connectivity index (χ0v) is 14.9. The van der Waals surface area contributed by atoms with Gasteiger partial charge in [0.25, 0.3) is 5.91 Å². The minimum Gasteiger partial charge on any atom is -0.481 e. The number of hydrogen-bond donors (Lipinski definition) is 1. The van der Waals surface area contributed by atoms with Gasteiger partial charge in [-0.15, -0.1) is 0 Å². The van der Waals surface area contributed by atoms with Crippen molar-refractivity contribution in [1.82, 2.24) is 14.7 Å². The number of nitrogens with zero attached hydrogens (tertiary/aromatic N) is 3. The Kier molecular flexibility index (Phi) is 5.41. The molecule has 3 rings (SSSR count). The highest BCUT2D eigenvalue weighted by Gasteiger charge is 2.37. The van der Waals surface area contributed by atoms with Crippen LogP contribution in [-0.4, -0.2) is 57.5 Å². The quantitative estimate of drug-likeness (QED) is 0.839. The Balaban J connectivity index is 1.83. The molecule has 1 aliphatic heterocycles. The lowest BCUT2D eigenvalue weighted by molar-refractivity contribution is -0.138. The number of methoxy groups -OCH3 is 1. The van der Waals surface area contributed by atoms with E-state index in [-0.39, 0.29) is 30.5 Å². The van der Waals surface area contributed by atoms with Gasteiger partial charge in [-0.3, -0.25) is 9.59 Å². The van der Waals surface area contributed by atoms with Crippen LogP contribution in [0, 0.1) is 0 Å². The predicted octanol–water partition coefficient (Wildman–Crippen LogP) is 2.60.